The molecule has 12 heteroatoms. The van der Waals surface area contributed by atoms with Crippen LogP contribution in [0.2, 0.25) is 0 Å². The van der Waals surface area contributed by atoms with Crippen molar-refractivity contribution >= 4 is 23.3 Å². The van der Waals surface area contributed by atoms with Gasteiger partial charge in [0.25, 0.3) is 5.91 Å². The van der Waals surface area contributed by atoms with Gasteiger partial charge in [0.1, 0.15) is 0 Å². The Labute approximate surface area is 222 Å². The fraction of sp³-hybridized carbons (Fsp3) is 0.615. The number of aliphatic hydroxyl groups is 1. The molecular weight excluding hydrogens is 488 g/mol. The zero-order chi connectivity index (χ0) is 27.7. The van der Waals surface area contributed by atoms with Gasteiger partial charge in [-0.15, -0.1) is 0 Å². The molecular formula is C26H38N8O4. The third-order valence-corrected chi connectivity index (χ3v) is 7.83. The molecule has 0 bridgehead atoms. The fourth-order valence-electron chi connectivity index (χ4n) is 4.38. The fourth-order valence-corrected chi connectivity index (χ4v) is 4.38. The number of nitrogens with two attached hydrogens (primary N) is 3. The van der Waals surface area contributed by atoms with Gasteiger partial charge in [0.05, 0.1) is 17.9 Å². The summed E-state index contributed by atoms with van der Waals surface area (Å²) in [7, 11) is 0. The number of ether oxygens (including phenoxy) is 1. The molecule has 7 N–H and O–H groups in total. The third kappa shape index (κ3) is 6.36. The maximum atomic E-state index is 13.1. The first kappa shape index (κ1) is 27.6. The number of rotatable bonds is 11. The predicted octanol–water partition coefficient (Wildman–Crippen LogP) is 1.43. The van der Waals surface area contributed by atoms with E-state index < -0.39 is 11.5 Å². The minimum Gasteiger partial charge on any atom is -0.463 e. The molecule has 0 radical (unpaired) electrons. The van der Waals surface area contributed by atoms with Crippen molar-refractivity contribution in [2.45, 2.75) is 64.4 Å². The van der Waals surface area contributed by atoms with Gasteiger partial charge in [-0.3, -0.25) is 9.59 Å². The van der Waals surface area contributed by atoms with E-state index in [4.69, 9.17) is 21.9 Å². The van der Waals surface area contributed by atoms with E-state index in [2.05, 4.69) is 19.9 Å². The second-order valence-corrected chi connectivity index (χ2v) is 11.2. The van der Waals surface area contributed by atoms with E-state index in [0.29, 0.717) is 32.2 Å². The van der Waals surface area contributed by atoms with E-state index in [1.54, 1.807) is 19.9 Å². The summed E-state index contributed by atoms with van der Waals surface area (Å²) in [5, 5.41) is 10.3. The van der Waals surface area contributed by atoms with Crippen molar-refractivity contribution in [1.82, 2.24) is 19.9 Å². The minimum atomic E-state index is -1.02. The Kier molecular flexibility index (Phi) is 7.84. The van der Waals surface area contributed by atoms with Gasteiger partial charge in [-0.2, -0.15) is 15.0 Å². The molecule has 1 amide bonds. The number of ketones is 1. The van der Waals surface area contributed by atoms with Crippen LogP contribution in [0.4, 0.5) is 11.6 Å². The first-order valence-corrected chi connectivity index (χ1v) is 13.1. The van der Waals surface area contributed by atoms with Gasteiger partial charge in [0.2, 0.25) is 17.6 Å². The molecule has 2 fully saturated rings. The Balaban J connectivity index is 1.52. The number of primary amides is 1. The zero-order valence-electron chi connectivity index (χ0n) is 22.3. The van der Waals surface area contributed by atoms with Crippen molar-refractivity contribution in [3.05, 3.63) is 29.3 Å². The summed E-state index contributed by atoms with van der Waals surface area (Å²) in [5.74, 6) is -0.734. The smallest absolute Gasteiger partial charge is 0.321 e. The number of piperidine rings is 1. The molecule has 2 aliphatic rings. The predicted molar refractivity (Wildman–Crippen MR) is 142 cm³/mol. The van der Waals surface area contributed by atoms with Gasteiger partial charge in [-0.1, -0.05) is 6.92 Å². The van der Waals surface area contributed by atoms with Crippen molar-refractivity contribution in [3.8, 4) is 6.01 Å². The van der Waals surface area contributed by atoms with Crippen LogP contribution in [-0.4, -0.2) is 68.6 Å². The maximum Gasteiger partial charge on any atom is 0.321 e. The number of hydrogen-bond donors (Lipinski definition) is 4. The summed E-state index contributed by atoms with van der Waals surface area (Å²) < 4.78 is 5.92. The third-order valence-electron chi connectivity index (χ3n) is 7.83. The molecule has 206 valence electrons. The van der Waals surface area contributed by atoms with Crippen LogP contribution in [0.25, 0.3) is 0 Å². The Morgan fingerprint density at radius 1 is 1.18 bits per heavy atom. The summed E-state index contributed by atoms with van der Waals surface area (Å²) >= 11 is 0. The highest BCUT2D eigenvalue weighted by Gasteiger charge is 2.42. The van der Waals surface area contributed by atoms with E-state index in [9.17, 15) is 14.7 Å². The second-order valence-electron chi connectivity index (χ2n) is 11.2. The lowest BCUT2D eigenvalue weighted by molar-refractivity contribution is 0.0211. The molecule has 12 nitrogen and oxygen atoms in total. The van der Waals surface area contributed by atoms with Crippen molar-refractivity contribution in [3.63, 3.8) is 0 Å². The van der Waals surface area contributed by atoms with E-state index in [-0.39, 0.29) is 52.7 Å². The van der Waals surface area contributed by atoms with Crippen molar-refractivity contribution in [2.75, 3.05) is 36.9 Å². The van der Waals surface area contributed by atoms with Crippen LogP contribution in [0.1, 0.15) is 85.6 Å². The number of Topliss-reactive ketones (excluding diaryl/α,β-unsaturated/α-hetero) is 1. The summed E-state index contributed by atoms with van der Waals surface area (Å²) in [6.45, 7) is 7.27. The van der Waals surface area contributed by atoms with E-state index in [1.165, 1.54) is 0 Å². The van der Waals surface area contributed by atoms with Crippen molar-refractivity contribution in [2.24, 2.45) is 22.8 Å². The maximum absolute atomic E-state index is 13.1. The summed E-state index contributed by atoms with van der Waals surface area (Å²) in [5.41, 5.74) is 17.2. The summed E-state index contributed by atoms with van der Waals surface area (Å²) in [6.07, 6.45) is 3.52. The molecule has 2 aromatic rings. The number of amides is 1. The van der Waals surface area contributed by atoms with Gasteiger partial charge in [0.15, 0.2) is 5.69 Å². The standard InChI is InChI=1S/C26H38N8O4/c1-15(25(2,3)37)12-19(35)22-31-23(33-24(32-22)38-14-26(13-27)8-9-26)34-10-6-16(7-11-34)18-5-4-17(28)20(30-18)21(29)36/h4-5,15-16,37H,6-14,27-28H2,1-3H3,(H2,29,36)/t15-/m0/s1. The molecule has 3 heterocycles. The molecule has 1 saturated heterocycles. The summed E-state index contributed by atoms with van der Waals surface area (Å²) in [4.78, 5) is 44.5. The lowest BCUT2D eigenvalue weighted by Gasteiger charge is -2.32. The van der Waals surface area contributed by atoms with Crippen LogP contribution in [0, 0.1) is 11.3 Å². The molecule has 0 spiro atoms. The number of nitrogens with zero attached hydrogens (tertiary/aromatic N) is 5. The highest BCUT2D eigenvalue weighted by atomic mass is 16.5. The van der Waals surface area contributed by atoms with Crippen molar-refractivity contribution in [1.29, 1.82) is 0 Å². The van der Waals surface area contributed by atoms with Crippen LogP contribution >= 0.6 is 0 Å². The van der Waals surface area contributed by atoms with Gasteiger partial charge in [-0.25, -0.2) is 4.98 Å². The lowest BCUT2D eigenvalue weighted by Crippen LogP contribution is -2.35. The van der Waals surface area contributed by atoms with Crippen molar-refractivity contribution < 1.29 is 19.4 Å². The van der Waals surface area contributed by atoms with E-state index >= 15 is 0 Å². The average molecular weight is 527 g/mol. The zero-order valence-corrected chi connectivity index (χ0v) is 22.3. The Morgan fingerprint density at radius 2 is 1.87 bits per heavy atom. The van der Waals surface area contributed by atoms with E-state index in [0.717, 1.165) is 31.4 Å². The molecule has 4 rings (SSSR count). The minimum absolute atomic E-state index is 0.0205. The van der Waals surface area contributed by atoms with Gasteiger partial charge in [-0.05, 0) is 57.6 Å². The SMILES string of the molecule is C[C@@H](CC(=O)c1nc(OCC2(CN)CC2)nc(N2CCC(c3ccc(N)c(C(N)=O)n3)CC2)n1)C(C)(C)O. The van der Waals surface area contributed by atoms with Crippen LogP contribution in [0.3, 0.4) is 0 Å². The number of nitrogen functional groups attached to an aromatic ring is 1. The Morgan fingerprint density at radius 3 is 2.45 bits per heavy atom. The number of carbonyl (C=O) groups excluding carboxylic acids is 2. The average Bonchev–Trinajstić information content (AvgIpc) is 3.67. The number of pyridine rings is 1. The first-order chi connectivity index (χ1) is 17.9. The number of aromatic nitrogens is 4. The Hall–Kier alpha value is -3.38. The normalized spacial score (nSPS) is 18.2. The molecule has 0 unspecified atom stereocenters. The van der Waals surface area contributed by atoms with Gasteiger partial charge >= 0.3 is 6.01 Å². The highest BCUT2D eigenvalue weighted by Crippen LogP contribution is 2.44. The topological polar surface area (TPSA) is 196 Å². The number of hydrogen-bond acceptors (Lipinski definition) is 11. The van der Waals surface area contributed by atoms with Crippen LogP contribution < -0.4 is 26.8 Å². The molecule has 0 aromatic carbocycles. The van der Waals surface area contributed by atoms with Crippen LogP contribution in [0.15, 0.2) is 12.1 Å². The monoisotopic (exact) mass is 526 g/mol. The first-order valence-electron chi connectivity index (χ1n) is 13.1. The molecule has 38 heavy (non-hydrogen) atoms. The van der Waals surface area contributed by atoms with Gasteiger partial charge in [0, 0.05) is 43.1 Å². The number of anilines is 2. The summed E-state index contributed by atoms with van der Waals surface area (Å²) in [6, 6.07) is 3.58. The molecule has 1 aliphatic carbocycles. The molecule has 2 aromatic heterocycles. The molecule has 1 aliphatic heterocycles. The second kappa shape index (κ2) is 10.8. The lowest BCUT2D eigenvalue weighted by atomic mass is 9.88. The largest absolute Gasteiger partial charge is 0.463 e. The van der Waals surface area contributed by atoms with Crippen LogP contribution in [-0.2, 0) is 0 Å². The van der Waals surface area contributed by atoms with Gasteiger partial charge < -0.3 is 31.9 Å². The number of carbonyl (C=O) groups is 2. The van der Waals surface area contributed by atoms with E-state index in [1.807, 2.05) is 17.9 Å². The van der Waals surface area contributed by atoms with Crippen LogP contribution in [0.5, 0.6) is 6.01 Å². The molecule has 1 atom stereocenters. The highest BCUT2D eigenvalue weighted by molar-refractivity contribution is 5.95. The molecule has 1 saturated carbocycles. The quantitative estimate of drug-likeness (QED) is 0.309. The Bertz CT molecular complexity index is 1190.